The van der Waals surface area contributed by atoms with Crippen molar-refractivity contribution in [2.24, 2.45) is 0 Å². The normalized spacial score (nSPS) is 14.6. The largest absolute Gasteiger partial charge is 0.315 e. The summed E-state index contributed by atoms with van der Waals surface area (Å²) in [5.74, 6) is 0. The lowest BCUT2D eigenvalue weighted by molar-refractivity contribution is 0.572. The number of rotatable bonds is 6. The summed E-state index contributed by atoms with van der Waals surface area (Å²) in [4.78, 5) is 0. The van der Waals surface area contributed by atoms with Gasteiger partial charge in [-0.2, -0.15) is 0 Å². The Bertz CT molecular complexity index is 199. The van der Waals surface area contributed by atoms with E-state index in [1.54, 1.807) is 6.92 Å². The Kier molecular flexibility index (Phi) is 5.50. The van der Waals surface area contributed by atoms with Crippen molar-refractivity contribution >= 4 is 9.84 Å². The molecule has 0 radical (unpaired) electrons. The molecule has 0 aromatic rings. The van der Waals surface area contributed by atoms with E-state index in [1.807, 2.05) is 0 Å². The van der Waals surface area contributed by atoms with Gasteiger partial charge in [0.2, 0.25) is 0 Å². The molecule has 0 rings (SSSR count). The zero-order valence-corrected chi connectivity index (χ0v) is 8.95. The third-order valence-corrected chi connectivity index (χ3v) is 3.50. The van der Waals surface area contributed by atoms with Gasteiger partial charge in [-0.3, -0.25) is 0 Å². The van der Waals surface area contributed by atoms with Crippen molar-refractivity contribution in [3.8, 4) is 0 Å². The van der Waals surface area contributed by atoms with Crippen LogP contribution in [0.4, 0.5) is 0 Å². The number of nitrogens with one attached hydrogen (secondary N) is 1. The number of sulfone groups is 1. The average molecular weight is 193 g/mol. The van der Waals surface area contributed by atoms with E-state index in [0.717, 1.165) is 19.4 Å². The molecule has 1 atom stereocenters. The second-order valence-electron chi connectivity index (χ2n) is 3.20. The molecule has 0 aromatic heterocycles. The Morgan fingerprint density at radius 1 is 1.42 bits per heavy atom. The maximum atomic E-state index is 11.0. The fourth-order valence-corrected chi connectivity index (χ4v) is 1.18. The molecule has 12 heavy (non-hydrogen) atoms. The summed E-state index contributed by atoms with van der Waals surface area (Å²) >= 11 is 0. The molecule has 0 aliphatic heterocycles. The highest BCUT2D eigenvalue weighted by Gasteiger charge is 2.13. The SMILES string of the molecule is CCCCNCC(C)S(C)(=O)=O. The number of hydrogen-bond acceptors (Lipinski definition) is 3. The van der Waals surface area contributed by atoms with E-state index in [-0.39, 0.29) is 5.25 Å². The van der Waals surface area contributed by atoms with Crippen molar-refractivity contribution in [3.63, 3.8) is 0 Å². The first-order chi connectivity index (χ1) is 5.48. The molecule has 0 aliphatic carbocycles. The van der Waals surface area contributed by atoms with Crippen molar-refractivity contribution in [1.82, 2.24) is 5.32 Å². The number of hydrogen-bond donors (Lipinski definition) is 1. The summed E-state index contributed by atoms with van der Waals surface area (Å²) in [6, 6.07) is 0. The molecule has 0 saturated heterocycles. The molecule has 1 unspecified atom stereocenters. The molecular weight excluding hydrogens is 174 g/mol. The predicted octanol–water partition coefficient (Wildman–Crippen LogP) is 0.809. The van der Waals surface area contributed by atoms with Crippen molar-refractivity contribution in [1.29, 1.82) is 0 Å². The van der Waals surface area contributed by atoms with Crippen LogP contribution < -0.4 is 5.32 Å². The standard InChI is InChI=1S/C8H19NO2S/c1-4-5-6-9-7-8(2)12(3,10)11/h8-9H,4-7H2,1-3H3. The highest BCUT2D eigenvalue weighted by atomic mass is 32.2. The fraction of sp³-hybridized carbons (Fsp3) is 1.00. The van der Waals surface area contributed by atoms with E-state index in [2.05, 4.69) is 12.2 Å². The first kappa shape index (κ1) is 11.9. The van der Waals surface area contributed by atoms with Crippen molar-refractivity contribution < 1.29 is 8.42 Å². The summed E-state index contributed by atoms with van der Waals surface area (Å²) in [5, 5.41) is 2.84. The van der Waals surface area contributed by atoms with Gasteiger partial charge in [0.1, 0.15) is 0 Å². The molecule has 3 nitrogen and oxygen atoms in total. The molecule has 4 heteroatoms. The van der Waals surface area contributed by atoms with Crippen LogP contribution in [-0.2, 0) is 9.84 Å². The van der Waals surface area contributed by atoms with Gasteiger partial charge in [0.25, 0.3) is 0 Å². The first-order valence-corrected chi connectivity index (χ1v) is 6.33. The quantitative estimate of drug-likeness (QED) is 0.635. The number of unbranched alkanes of at least 4 members (excludes halogenated alkanes) is 1. The maximum Gasteiger partial charge on any atom is 0.151 e. The fourth-order valence-electron chi connectivity index (χ4n) is 0.758. The molecule has 0 heterocycles. The van der Waals surface area contributed by atoms with Crippen LogP contribution in [0.15, 0.2) is 0 Å². The lowest BCUT2D eigenvalue weighted by Gasteiger charge is -2.09. The Hall–Kier alpha value is -0.0900. The lowest BCUT2D eigenvalue weighted by Crippen LogP contribution is -2.30. The van der Waals surface area contributed by atoms with Crippen LogP contribution in [0.5, 0.6) is 0 Å². The van der Waals surface area contributed by atoms with Crippen LogP contribution in [0.1, 0.15) is 26.7 Å². The van der Waals surface area contributed by atoms with Crippen LogP contribution in [0.2, 0.25) is 0 Å². The van der Waals surface area contributed by atoms with Gasteiger partial charge in [0.05, 0.1) is 5.25 Å². The van der Waals surface area contributed by atoms with E-state index < -0.39 is 9.84 Å². The molecule has 0 amide bonds. The first-order valence-electron chi connectivity index (χ1n) is 4.38. The molecule has 0 fully saturated rings. The highest BCUT2D eigenvalue weighted by Crippen LogP contribution is 1.95. The van der Waals surface area contributed by atoms with E-state index in [4.69, 9.17) is 0 Å². The van der Waals surface area contributed by atoms with Gasteiger partial charge in [0, 0.05) is 12.8 Å². The molecule has 0 bridgehead atoms. The van der Waals surface area contributed by atoms with Crippen LogP contribution in [0.3, 0.4) is 0 Å². The molecule has 74 valence electrons. The van der Waals surface area contributed by atoms with Crippen molar-refractivity contribution in [2.45, 2.75) is 31.9 Å². The summed E-state index contributed by atoms with van der Waals surface area (Å²) in [6.07, 6.45) is 3.52. The van der Waals surface area contributed by atoms with Gasteiger partial charge in [-0.15, -0.1) is 0 Å². The summed E-state index contributed by atoms with van der Waals surface area (Å²) < 4.78 is 21.9. The van der Waals surface area contributed by atoms with E-state index in [0.29, 0.717) is 6.54 Å². The molecule has 0 aliphatic rings. The van der Waals surface area contributed by atoms with Crippen LogP contribution in [0.25, 0.3) is 0 Å². The Labute approximate surface area is 75.5 Å². The van der Waals surface area contributed by atoms with Crippen molar-refractivity contribution in [2.75, 3.05) is 19.3 Å². The molecule has 1 N–H and O–H groups in total. The topological polar surface area (TPSA) is 46.2 Å². The zero-order valence-electron chi connectivity index (χ0n) is 8.13. The minimum atomic E-state index is -2.85. The molecule has 0 saturated carbocycles. The molecule has 0 aromatic carbocycles. The average Bonchev–Trinajstić information content (AvgIpc) is 1.96. The van der Waals surface area contributed by atoms with E-state index in [1.165, 1.54) is 6.26 Å². The Balaban J connectivity index is 3.52. The van der Waals surface area contributed by atoms with Gasteiger partial charge < -0.3 is 5.32 Å². The van der Waals surface area contributed by atoms with Gasteiger partial charge in [-0.1, -0.05) is 13.3 Å². The van der Waals surface area contributed by atoms with E-state index in [9.17, 15) is 8.42 Å². The second-order valence-corrected chi connectivity index (χ2v) is 5.66. The lowest BCUT2D eigenvalue weighted by atomic mass is 10.3. The Morgan fingerprint density at radius 2 is 2.00 bits per heavy atom. The smallest absolute Gasteiger partial charge is 0.151 e. The minimum Gasteiger partial charge on any atom is -0.315 e. The highest BCUT2D eigenvalue weighted by molar-refractivity contribution is 7.91. The predicted molar refractivity (Wildman–Crippen MR) is 52.1 cm³/mol. The maximum absolute atomic E-state index is 11.0. The van der Waals surface area contributed by atoms with Gasteiger partial charge in [-0.05, 0) is 19.9 Å². The second kappa shape index (κ2) is 5.54. The van der Waals surface area contributed by atoms with Crippen LogP contribution in [0, 0.1) is 0 Å². The summed E-state index contributed by atoms with van der Waals surface area (Å²) in [6.45, 7) is 5.32. The van der Waals surface area contributed by atoms with Gasteiger partial charge in [-0.25, -0.2) is 8.42 Å². The van der Waals surface area contributed by atoms with Gasteiger partial charge >= 0.3 is 0 Å². The van der Waals surface area contributed by atoms with Crippen LogP contribution in [-0.4, -0.2) is 33.0 Å². The Morgan fingerprint density at radius 3 is 2.42 bits per heavy atom. The monoisotopic (exact) mass is 193 g/mol. The summed E-state index contributed by atoms with van der Waals surface area (Å²) in [5.41, 5.74) is 0. The van der Waals surface area contributed by atoms with Gasteiger partial charge in [0.15, 0.2) is 9.84 Å². The third kappa shape index (κ3) is 5.55. The zero-order chi connectivity index (χ0) is 9.61. The molecule has 0 spiro atoms. The third-order valence-electron chi connectivity index (χ3n) is 1.87. The molecular formula is C8H19NO2S. The van der Waals surface area contributed by atoms with Crippen molar-refractivity contribution in [3.05, 3.63) is 0 Å². The minimum absolute atomic E-state index is 0.269. The van der Waals surface area contributed by atoms with Crippen LogP contribution >= 0.6 is 0 Å². The van der Waals surface area contributed by atoms with E-state index >= 15 is 0 Å². The summed E-state index contributed by atoms with van der Waals surface area (Å²) in [7, 11) is -2.85.